The molecule has 0 aliphatic rings. The number of nitro benzene ring substituents is 1. The summed E-state index contributed by atoms with van der Waals surface area (Å²) in [5, 5.41) is 10.7. The average Bonchev–Trinajstić information content (AvgIpc) is 2.65. The maximum atomic E-state index is 11.5. The average molecular weight is 263 g/mol. The maximum absolute atomic E-state index is 11.5. The van der Waals surface area contributed by atoms with E-state index in [1.54, 1.807) is 24.5 Å². The molecule has 7 nitrogen and oxygen atoms in total. The number of ether oxygens (including phenoxy) is 1. The lowest BCUT2D eigenvalue weighted by Crippen LogP contribution is -2.14. The van der Waals surface area contributed by atoms with Crippen LogP contribution in [0.2, 0.25) is 0 Å². The van der Waals surface area contributed by atoms with E-state index >= 15 is 0 Å². The van der Waals surface area contributed by atoms with Crippen LogP contribution in [0.15, 0.2) is 18.2 Å². The fraction of sp³-hybridized carbons (Fsp3) is 0.333. The molecule has 0 N–H and O–H groups in total. The Kier molecular flexibility index (Phi) is 3.46. The Hall–Kier alpha value is -2.44. The van der Waals surface area contributed by atoms with Gasteiger partial charge in [-0.15, -0.1) is 0 Å². The summed E-state index contributed by atoms with van der Waals surface area (Å²) in [5.74, 6) is 0.256. The predicted molar refractivity (Wildman–Crippen MR) is 67.8 cm³/mol. The zero-order valence-corrected chi connectivity index (χ0v) is 10.6. The molecule has 1 heterocycles. The molecule has 2 rings (SSSR count). The van der Waals surface area contributed by atoms with Crippen molar-refractivity contribution in [3.63, 3.8) is 0 Å². The first kappa shape index (κ1) is 13.0. The molecular formula is C12H13N3O4. The quantitative estimate of drug-likeness (QED) is 0.477. The fourth-order valence-corrected chi connectivity index (χ4v) is 1.89. The third kappa shape index (κ3) is 2.54. The highest BCUT2D eigenvalue weighted by atomic mass is 16.6. The van der Waals surface area contributed by atoms with Gasteiger partial charge in [-0.25, -0.2) is 4.98 Å². The molecule has 0 saturated heterocycles. The zero-order valence-electron chi connectivity index (χ0n) is 10.6. The van der Waals surface area contributed by atoms with Crippen molar-refractivity contribution >= 4 is 22.7 Å². The molecular weight excluding hydrogens is 250 g/mol. The third-order valence-electron chi connectivity index (χ3n) is 2.73. The Balaban J connectivity index is 2.42. The van der Waals surface area contributed by atoms with Crippen LogP contribution in [0.1, 0.15) is 12.7 Å². The highest BCUT2D eigenvalue weighted by Crippen LogP contribution is 2.21. The molecule has 0 bridgehead atoms. The highest BCUT2D eigenvalue weighted by Gasteiger charge is 2.14. The number of aromatic nitrogens is 2. The number of rotatable bonds is 4. The number of fused-ring (bicyclic) bond motifs is 1. The van der Waals surface area contributed by atoms with Crippen LogP contribution in [-0.4, -0.2) is 27.1 Å². The number of nitrogens with zero attached hydrogens (tertiary/aromatic N) is 3. The summed E-state index contributed by atoms with van der Waals surface area (Å²) in [6.45, 7) is 3.84. The second kappa shape index (κ2) is 5.05. The fourth-order valence-electron chi connectivity index (χ4n) is 1.89. The minimum absolute atomic E-state index is 0.0201. The van der Waals surface area contributed by atoms with E-state index in [1.165, 1.54) is 12.1 Å². The van der Waals surface area contributed by atoms with Gasteiger partial charge in [0.2, 0.25) is 0 Å². The van der Waals surface area contributed by atoms with E-state index in [2.05, 4.69) is 4.98 Å². The van der Waals surface area contributed by atoms with Gasteiger partial charge >= 0.3 is 5.97 Å². The molecule has 0 atom stereocenters. The van der Waals surface area contributed by atoms with Gasteiger partial charge in [0.05, 0.1) is 22.6 Å². The molecule has 0 saturated carbocycles. The molecule has 1 aromatic carbocycles. The summed E-state index contributed by atoms with van der Waals surface area (Å²) in [6, 6.07) is 4.38. The van der Waals surface area contributed by atoms with Crippen molar-refractivity contribution in [1.82, 2.24) is 9.55 Å². The number of non-ortho nitro benzene ring substituents is 1. The van der Waals surface area contributed by atoms with E-state index < -0.39 is 4.92 Å². The van der Waals surface area contributed by atoms with Gasteiger partial charge in [-0.2, -0.15) is 0 Å². The summed E-state index contributed by atoms with van der Waals surface area (Å²) in [7, 11) is 0. The summed E-state index contributed by atoms with van der Waals surface area (Å²) in [4.78, 5) is 25.9. The Bertz CT molecular complexity index is 648. The molecule has 0 unspecified atom stereocenters. The van der Waals surface area contributed by atoms with Crippen molar-refractivity contribution in [2.24, 2.45) is 0 Å². The van der Waals surface area contributed by atoms with Crippen LogP contribution in [-0.2, 0) is 16.1 Å². The van der Waals surface area contributed by atoms with E-state index in [4.69, 9.17) is 4.74 Å². The number of nitro groups is 1. The minimum Gasteiger partial charge on any atom is -0.465 e. The SMILES string of the molecule is CCOC(=O)Cn1c(C)nc2cc([N+](=O)[O-])ccc21. The summed E-state index contributed by atoms with van der Waals surface area (Å²) >= 11 is 0. The predicted octanol–water partition coefficient (Wildman–Crippen LogP) is 1.82. The number of hydrogen-bond acceptors (Lipinski definition) is 5. The van der Waals surface area contributed by atoms with Gasteiger partial charge in [0.15, 0.2) is 0 Å². The largest absolute Gasteiger partial charge is 0.465 e. The molecule has 0 spiro atoms. The first-order chi connectivity index (χ1) is 9.02. The van der Waals surface area contributed by atoms with Crippen molar-refractivity contribution in [2.45, 2.75) is 20.4 Å². The Morgan fingerprint density at radius 3 is 2.89 bits per heavy atom. The van der Waals surface area contributed by atoms with Crippen molar-refractivity contribution in [2.75, 3.05) is 6.61 Å². The van der Waals surface area contributed by atoms with E-state index in [1.807, 2.05) is 0 Å². The normalized spacial score (nSPS) is 10.6. The molecule has 19 heavy (non-hydrogen) atoms. The molecule has 0 fully saturated rings. The lowest BCUT2D eigenvalue weighted by atomic mass is 10.3. The van der Waals surface area contributed by atoms with Crippen LogP contribution in [0.4, 0.5) is 5.69 Å². The number of carbonyl (C=O) groups excluding carboxylic acids is 1. The van der Waals surface area contributed by atoms with Gasteiger partial charge in [-0.1, -0.05) is 0 Å². The van der Waals surface area contributed by atoms with Crippen LogP contribution < -0.4 is 0 Å². The number of esters is 1. The van der Waals surface area contributed by atoms with Crippen molar-refractivity contribution in [3.05, 3.63) is 34.1 Å². The second-order valence-corrected chi connectivity index (χ2v) is 3.98. The van der Waals surface area contributed by atoms with Gasteiger partial charge in [0.25, 0.3) is 5.69 Å². The number of aryl methyl sites for hydroxylation is 1. The molecule has 1 aromatic heterocycles. The van der Waals surface area contributed by atoms with Crippen LogP contribution in [0.3, 0.4) is 0 Å². The van der Waals surface area contributed by atoms with Crippen LogP contribution in [0, 0.1) is 17.0 Å². The number of carbonyl (C=O) groups is 1. The van der Waals surface area contributed by atoms with Crippen molar-refractivity contribution < 1.29 is 14.5 Å². The topological polar surface area (TPSA) is 87.3 Å². The van der Waals surface area contributed by atoms with Crippen molar-refractivity contribution in [1.29, 1.82) is 0 Å². The number of hydrogen-bond donors (Lipinski definition) is 0. The standard InChI is InChI=1S/C12H13N3O4/c1-3-19-12(16)7-14-8(2)13-10-6-9(15(17)18)4-5-11(10)14/h4-6H,3,7H2,1-2H3. The Labute approximate surface area is 109 Å². The van der Waals surface area contributed by atoms with E-state index in [9.17, 15) is 14.9 Å². The van der Waals surface area contributed by atoms with Gasteiger partial charge < -0.3 is 9.30 Å². The van der Waals surface area contributed by atoms with Crippen molar-refractivity contribution in [3.8, 4) is 0 Å². The Morgan fingerprint density at radius 1 is 1.53 bits per heavy atom. The van der Waals surface area contributed by atoms with E-state index in [0.29, 0.717) is 23.5 Å². The molecule has 100 valence electrons. The highest BCUT2D eigenvalue weighted by molar-refractivity contribution is 5.80. The number of benzene rings is 1. The summed E-state index contributed by atoms with van der Waals surface area (Å²) < 4.78 is 6.56. The molecule has 0 aliphatic heterocycles. The second-order valence-electron chi connectivity index (χ2n) is 3.98. The third-order valence-corrected chi connectivity index (χ3v) is 2.73. The molecule has 0 aliphatic carbocycles. The van der Waals surface area contributed by atoms with Gasteiger partial charge in [-0.05, 0) is 19.9 Å². The lowest BCUT2D eigenvalue weighted by Gasteiger charge is -2.05. The smallest absolute Gasteiger partial charge is 0.326 e. The van der Waals surface area contributed by atoms with E-state index in [-0.39, 0.29) is 18.2 Å². The molecule has 2 aromatic rings. The molecule has 0 radical (unpaired) electrons. The first-order valence-corrected chi connectivity index (χ1v) is 5.80. The van der Waals surface area contributed by atoms with E-state index in [0.717, 1.165) is 0 Å². The monoisotopic (exact) mass is 263 g/mol. The van der Waals surface area contributed by atoms with Crippen LogP contribution in [0.5, 0.6) is 0 Å². The van der Waals surface area contributed by atoms with Crippen LogP contribution >= 0.6 is 0 Å². The van der Waals surface area contributed by atoms with Crippen LogP contribution in [0.25, 0.3) is 11.0 Å². The zero-order chi connectivity index (χ0) is 14.0. The van der Waals surface area contributed by atoms with Gasteiger partial charge in [0, 0.05) is 12.1 Å². The maximum Gasteiger partial charge on any atom is 0.326 e. The number of imidazole rings is 1. The summed E-state index contributed by atoms with van der Waals surface area (Å²) in [6.07, 6.45) is 0. The lowest BCUT2D eigenvalue weighted by molar-refractivity contribution is -0.384. The summed E-state index contributed by atoms with van der Waals surface area (Å²) in [5.41, 5.74) is 1.15. The molecule has 0 amide bonds. The first-order valence-electron chi connectivity index (χ1n) is 5.80. The van der Waals surface area contributed by atoms with Gasteiger partial charge in [0.1, 0.15) is 12.4 Å². The minimum atomic E-state index is -0.473. The molecule has 7 heteroatoms. The Morgan fingerprint density at radius 2 is 2.26 bits per heavy atom. The van der Waals surface area contributed by atoms with Gasteiger partial charge in [-0.3, -0.25) is 14.9 Å².